The molecule has 21 heavy (non-hydrogen) atoms. The third kappa shape index (κ3) is 6.56. The molecule has 4 heteroatoms. The van der Waals surface area contributed by atoms with Gasteiger partial charge in [0.05, 0.1) is 12.7 Å². The summed E-state index contributed by atoms with van der Waals surface area (Å²) in [6.07, 6.45) is 2.54. The quantitative estimate of drug-likeness (QED) is 0.789. The Morgan fingerprint density at radius 2 is 1.95 bits per heavy atom. The summed E-state index contributed by atoms with van der Waals surface area (Å²) in [5.74, 6) is -0.231. The molecule has 1 atom stereocenters. The Hall–Kier alpha value is -1.65. The fraction of sp³-hybridized carbons (Fsp3) is 0.471. The molecule has 1 aromatic rings. The van der Waals surface area contributed by atoms with E-state index >= 15 is 0 Å². The van der Waals surface area contributed by atoms with E-state index in [9.17, 15) is 9.90 Å². The molecular formula is C17H25NO3. The van der Waals surface area contributed by atoms with Crippen molar-refractivity contribution in [3.05, 3.63) is 41.5 Å². The minimum atomic E-state index is -0.682. The molecule has 0 spiro atoms. The average Bonchev–Trinajstić information content (AvgIpc) is 2.43. The number of carbonyl (C=O) groups is 1. The van der Waals surface area contributed by atoms with Crippen LogP contribution in [-0.4, -0.2) is 37.4 Å². The Morgan fingerprint density at radius 3 is 2.48 bits per heavy atom. The van der Waals surface area contributed by atoms with Crippen molar-refractivity contribution in [3.8, 4) is 0 Å². The van der Waals surface area contributed by atoms with Crippen molar-refractivity contribution in [2.75, 3.05) is 20.3 Å². The van der Waals surface area contributed by atoms with Crippen LogP contribution < -0.4 is 5.32 Å². The van der Waals surface area contributed by atoms with Crippen LogP contribution in [0.15, 0.2) is 30.3 Å². The molecule has 0 aromatic heterocycles. The van der Waals surface area contributed by atoms with Gasteiger partial charge in [-0.3, -0.25) is 4.79 Å². The molecule has 0 aliphatic rings. The van der Waals surface area contributed by atoms with Crippen LogP contribution in [0.3, 0.4) is 0 Å². The maximum absolute atomic E-state index is 11.6. The number of nitrogens with one attached hydrogen (secondary N) is 1. The number of hydrogen-bond donors (Lipinski definition) is 2. The monoisotopic (exact) mass is 291 g/mol. The van der Waals surface area contributed by atoms with Gasteiger partial charge in [-0.05, 0) is 22.6 Å². The Labute approximate surface area is 126 Å². The van der Waals surface area contributed by atoms with E-state index in [0.29, 0.717) is 0 Å². The Morgan fingerprint density at radius 1 is 1.33 bits per heavy atom. The van der Waals surface area contributed by atoms with Gasteiger partial charge in [-0.25, -0.2) is 0 Å². The second kappa shape index (κ2) is 7.96. The highest BCUT2D eigenvalue weighted by Gasteiger charge is 2.12. The van der Waals surface area contributed by atoms with Crippen molar-refractivity contribution < 1.29 is 14.6 Å². The Kier molecular flexibility index (Phi) is 6.59. The molecule has 116 valence electrons. The summed E-state index contributed by atoms with van der Waals surface area (Å²) in [5.41, 5.74) is 2.35. The molecular weight excluding hydrogens is 266 g/mol. The van der Waals surface area contributed by atoms with Gasteiger partial charge in [0.2, 0.25) is 5.91 Å². The van der Waals surface area contributed by atoms with Gasteiger partial charge in [0.25, 0.3) is 0 Å². The zero-order valence-electron chi connectivity index (χ0n) is 13.2. The molecule has 2 N–H and O–H groups in total. The molecule has 4 nitrogen and oxygen atoms in total. The smallest absolute Gasteiger partial charge is 0.244 e. The van der Waals surface area contributed by atoms with Gasteiger partial charge < -0.3 is 15.2 Å². The first-order valence-electron chi connectivity index (χ1n) is 7.06. The standard InChI is InChI=1S/C17H25NO3/c1-17(2,3)14-8-5-13(6-9-14)7-10-16(20)18-11-15(19)12-21-4/h5-10,15,19H,11-12H2,1-4H3,(H,18,20)/b10-7+. The molecule has 0 saturated heterocycles. The highest BCUT2D eigenvalue weighted by atomic mass is 16.5. The molecule has 1 unspecified atom stereocenters. The van der Waals surface area contributed by atoms with Crippen molar-refractivity contribution in [1.29, 1.82) is 0 Å². The van der Waals surface area contributed by atoms with Gasteiger partial charge in [-0.15, -0.1) is 0 Å². The number of carbonyl (C=O) groups excluding carboxylic acids is 1. The van der Waals surface area contributed by atoms with Gasteiger partial charge in [0.15, 0.2) is 0 Å². The highest BCUT2D eigenvalue weighted by molar-refractivity contribution is 5.91. The second-order valence-corrected chi connectivity index (χ2v) is 6.06. The zero-order chi connectivity index (χ0) is 15.9. The summed E-state index contributed by atoms with van der Waals surface area (Å²) in [7, 11) is 1.51. The van der Waals surface area contributed by atoms with Crippen LogP contribution in [0.4, 0.5) is 0 Å². The normalized spacial score (nSPS) is 13.4. The zero-order valence-corrected chi connectivity index (χ0v) is 13.2. The van der Waals surface area contributed by atoms with Crippen LogP contribution in [0.25, 0.3) is 6.08 Å². The lowest BCUT2D eigenvalue weighted by Gasteiger charge is -2.18. The van der Waals surface area contributed by atoms with Gasteiger partial charge in [0, 0.05) is 19.7 Å². The van der Waals surface area contributed by atoms with Gasteiger partial charge >= 0.3 is 0 Å². The SMILES string of the molecule is COCC(O)CNC(=O)/C=C/c1ccc(C(C)(C)C)cc1. The first kappa shape index (κ1) is 17.4. The third-order valence-corrected chi connectivity index (χ3v) is 3.07. The predicted molar refractivity (Wildman–Crippen MR) is 85.1 cm³/mol. The number of benzene rings is 1. The lowest BCUT2D eigenvalue weighted by Crippen LogP contribution is -2.33. The first-order chi connectivity index (χ1) is 9.82. The molecule has 1 amide bonds. The number of aliphatic hydroxyl groups excluding tert-OH is 1. The lowest BCUT2D eigenvalue weighted by molar-refractivity contribution is -0.117. The molecule has 0 radical (unpaired) electrons. The number of ether oxygens (including phenoxy) is 1. The van der Waals surface area contributed by atoms with E-state index in [1.165, 1.54) is 18.7 Å². The second-order valence-electron chi connectivity index (χ2n) is 6.06. The first-order valence-corrected chi connectivity index (χ1v) is 7.06. The van der Waals surface area contributed by atoms with Crippen molar-refractivity contribution >= 4 is 12.0 Å². The molecule has 1 rings (SSSR count). The van der Waals surface area contributed by atoms with Crippen LogP contribution in [0.1, 0.15) is 31.9 Å². The number of methoxy groups -OCH3 is 1. The largest absolute Gasteiger partial charge is 0.389 e. The van der Waals surface area contributed by atoms with Crippen LogP contribution in [-0.2, 0) is 14.9 Å². The molecule has 1 aromatic carbocycles. The number of hydrogen-bond acceptors (Lipinski definition) is 3. The number of amides is 1. The number of rotatable bonds is 6. The van der Waals surface area contributed by atoms with Crippen molar-refractivity contribution in [1.82, 2.24) is 5.32 Å². The third-order valence-electron chi connectivity index (χ3n) is 3.07. The molecule has 0 aliphatic heterocycles. The molecule has 0 fully saturated rings. The molecule has 0 bridgehead atoms. The van der Waals surface area contributed by atoms with E-state index < -0.39 is 6.10 Å². The van der Waals surface area contributed by atoms with E-state index in [2.05, 4.69) is 38.2 Å². The van der Waals surface area contributed by atoms with Gasteiger partial charge in [-0.1, -0.05) is 45.0 Å². The lowest BCUT2D eigenvalue weighted by atomic mass is 9.87. The van der Waals surface area contributed by atoms with Crippen molar-refractivity contribution in [2.24, 2.45) is 0 Å². The fourth-order valence-electron chi connectivity index (χ4n) is 1.79. The summed E-state index contributed by atoms with van der Waals surface area (Å²) < 4.78 is 4.78. The summed E-state index contributed by atoms with van der Waals surface area (Å²) in [6, 6.07) is 8.12. The van der Waals surface area contributed by atoms with Crippen molar-refractivity contribution in [2.45, 2.75) is 32.3 Å². The minimum Gasteiger partial charge on any atom is -0.389 e. The topological polar surface area (TPSA) is 58.6 Å². The Balaban J connectivity index is 2.51. The van der Waals surface area contributed by atoms with Crippen molar-refractivity contribution in [3.63, 3.8) is 0 Å². The summed E-state index contributed by atoms with van der Waals surface area (Å²) in [6.45, 7) is 6.88. The van der Waals surface area contributed by atoms with Gasteiger partial charge in [-0.2, -0.15) is 0 Å². The van der Waals surface area contributed by atoms with Gasteiger partial charge in [0.1, 0.15) is 0 Å². The number of aliphatic hydroxyl groups is 1. The fourth-order valence-corrected chi connectivity index (χ4v) is 1.79. The average molecular weight is 291 g/mol. The summed E-state index contributed by atoms with van der Waals surface area (Å²) >= 11 is 0. The van der Waals surface area contributed by atoms with Crippen LogP contribution in [0.2, 0.25) is 0 Å². The molecule has 0 aliphatic carbocycles. The van der Waals surface area contributed by atoms with Crippen LogP contribution in [0.5, 0.6) is 0 Å². The molecule has 0 heterocycles. The van der Waals surface area contributed by atoms with Crippen LogP contribution in [0, 0.1) is 0 Å². The summed E-state index contributed by atoms with van der Waals surface area (Å²) in [5, 5.41) is 12.0. The van der Waals surface area contributed by atoms with E-state index in [1.54, 1.807) is 6.08 Å². The maximum atomic E-state index is 11.6. The molecule has 0 saturated carbocycles. The summed E-state index contributed by atoms with van der Waals surface area (Å²) in [4.78, 5) is 11.6. The Bertz CT molecular complexity index is 472. The van der Waals surface area contributed by atoms with E-state index in [-0.39, 0.29) is 24.5 Å². The maximum Gasteiger partial charge on any atom is 0.244 e. The van der Waals surface area contributed by atoms with E-state index in [0.717, 1.165) is 5.56 Å². The van der Waals surface area contributed by atoms with E-state index in [1.807, 2.05) is 12.1 Å². The predicted octanol–water partition coefficient (Wildman–Crippen LogP) is 2.12. The van der Waals surface area contributed by atoms with Crippen LogP contribution >= 0.6 is 0 Å². The van der Waals surface area contributed by atoms with E-state index in [4.69, 9.17) is 4.74 Å². The minimum absolute atomic E-state index is 0.122. The highest BCUT2D eigenvalue weighted by Crippen LogP contribution is 2.22.